The molecule has 0 fully saturated rings. The number of aliphatic hydroxyl groups excluding tert-OH is 1. The van der Waals surface area contributed by atoms with E-state index in [-0.39, 0.29) is 28.6 Å². The van der Waals surface area contributed by atoms with Gasteiger partial charge in [0, 0.05) is 11.3 Å². The van der Waals surface area contributed by atoms with E-state index in [4.69, 9.17) is 21.2 Å². The number of hydrogen-bond acceptors (Lipinski definition) is 4. The first-order chi connectivity index (χ1) is 12.8. The SMILES string of the molecule is O=C(Nc1cccc(CO)c1)c1noc(-c2ccc(C(F)(F)F)cc2)c1Cl. The standard InChI is InChI=1S/C18H12ClF3N2O3/c19-14-15(17(26)23-13-3-1-2-10(8-13)9-25)24-27-16(14)11-4-6-12(7-5-11)18(20,21)22/h1-8,25H,9H2,(H,23,26). The number of aromatic nitrogens is 1. The van der Waals surface area contributed by atoms with Crippen molar-refractivity contribution in [3.8, 4) is 11.3 Å². The van der Waals surface area contributed by atoms with Crippen molar-refractivity contribution in [3.05, 3.63) is 70.4 Å². The van der Waals surface area contributed by atoms with Gasteiger partial charge in [0.05, 0.1) is 12.2 Å². The molecule has 0 saturated carbocycles. The molecule has 0 aliphatic carbocycles. The zero-order valence-corrected chi connectivity index (χ0v) is 14.3. The highest BCUT2D eigenvalue weighted by molar-refractivity contribution is 6.36. The molecule has 0 aliphatic heterocycles. The van der Waals surface area contributed by atoms with Gasteiger partial charge in [-0.25, -0.2) is 0 Å². The lowest BCUT2D eigenvalue weighted by atomic mass is 10.1. The minimum Gasteiger partial charge on any atom is -0.392 e. The predicted octanol–water partition coefficient (Wildman–Crippen LogP) is 4.76. The van der Waals surface area contributed by atoms with E-state index in [1.165, 1.54) is 12.1 Å². The molecule has 0 aliphatic rings. The summed E-state index contributed by atoms with van der Waals surface area (Å²) in [4.78, 5) is 12.3. The molecule has 2 aromatic carbocycles. The van der Waals surface area contributed by atoms with Gasteiger partial charge in [0.25, 0.3) is 5.91 Å². The number of benzene rings is 2. The van der Waals surface area contributed by atoms with Crippen molar-refractivity contribution < 1.29 is 27.6 Å². The van der Waals surface area contributed by atoms with Gasteiger partial charge in [-0.2, -0.15) is 13.2 Å². The molecule has 27 heavy (non-hydrogen) atoms. The van der Waals surface area contributed by atoms with Crippen LogP contribution in [-0.4, -0.2) is 16.2 Å². The number of nitrogens with one attached hydrogen (secondary N) is 1. The lowest BCUT2D eigenvalue weighted by Crippen LogP contribution is -2.13. The normalized spacial score (nSPS) is 11.4. The van der Waals surface area contributed by atoms with Crippen LogP contribution in [0.25, 0.3) is 11.3 Å². The molecule has 0 spiro atoms. The Morgan fingerprint density at radius 3 is 2.52 bits per heavy atom. The zero-order valence-electron chi connectivity index (χ0n) is 13.5. The van der Waals surface area contributed by atoms with Crippen molar-refractivity contribution in [2.75, 3.05) is 5.32 Å². The molecule has 0 saturated heterocycles. The number of rotatable bonds is 4. The van der Waals surface area contributed by atoms with Crippen molar-refractivity contribution in [3.63, 3.8) is 0 Å². The average Bonchev–Trinajstić information content (AvgIpc) is 3.03. The van der Waals surface area contributed by atoms with Crippen molar-refractivity contribution in [1.29, 1.82) is 0 Å². The lowest BCUT2D eigenvalue weighted by Gasteiger charge is -2.06. The highest BCUT2D eigenvalue weighted by atomic mass is 35.5. The van der Waals surface area contributed by atoms with Gasteiger partial charge >= 0.3 is 6.18 Å². The molecule has 2 N–H and O–H groups in total. The maximum Gasteiger partial charge on any atom is 0.416 e. The summed E-state index contributed by atoms with van der Waals surface area (Å²) in [6.07, 6.45) is -4.46. The third kappa shape index (κ3) is 4.12. The van der Waals surface area contributed by atoms with E-state index in [0.717, 1.165) is 12.1 Å². The minimum atomic E-state index is -4.46. The molecule has 0 bridgehead atoms. The fourth-order valence-electron chi connectivity index (χ4n) is 2.35. The minimum absolute atomic E-state index is 0.0142. The van der Waals surface area contributed by atoms with Crippen molar-refractivity contribution in [1.82, 2.24) is 5.16 Å². The van der Waals surface area contributed by atoms with Crippen LogP contribution in [-0.2, 0) is 12.8 Å². The van der Waals surface area contributed by atoms with Crippen LogP contribution >= 0.6 is 11.6 Å². The van der Waals surface area contributed by atoms with Gasteiger partial charge in [0.15, 0.2) is 11.5 Å². The van der Waals surface area contributed by atoms with Gasteiger partial charge in [-0.15, -0.1) is 0 Å². The number of alkyl halides is 3. The Balaban J connectivity index is 1.83. The molecule has 140 valence electrons. The van der Waals surface area contributed by atoms with E-state index in [1.54, 1.807) is 24.3 Å². The third-order valence-corrected chi connectivity index (χ3v) is 4.04. The molecule has 3 rings (SSSR count). The summed E-state index contributed by atoms with van der Waals surface area (Å²) in [5.41, 5.74) is 0.248. The van der Waals surface area contributed by atoms with E-state index < -0.39 is 17.6 Å². The summed E-state index contributed by atoms with van der Waals surface area (Å²) < 4.78 is 43.0. The van der Waals surface area contributed by atoms with Crippen LogP contribution in [0.15, 0.2) is 53.1 Å². The topological polar surface area (TPSA) is 75.4 Å². The fourth-order valence-corrected chi connectivity index (χ4v) is 2.61. The Kier molecular flexibility index (Phi) is 5.20. The number of anilines is 1. The van der Waals surface area contributed by atoms with E-state index >= 15 is 0 Å². The first-order valence-corrected chi connectivity index (χ1v) is 8.01. The Bertz CT molecular complexity index is 969. The Labute approximate surface area is 156 Å². The first-order valence-electron chi connectivity index (χ1n) is 7.63. The van der Waals surface area contributed by atoms with Gasteiger partial charge in [-0.3, -0.25) is 4.79 Å². The molecule has 1 aromatic heterocycles. The fraction of sp³-hybridized carbons (Fsp3) is 0.111. The number of amides is 1. The van der Waals surface area contributed by atoms with Crippen LogP contribution in [0.4, 0.5) is 18.9 Å². The number of carbonyl (C=O) groups excluding carboxylic acids is 1. The molecule has 1 amide bonds. The summed E-state index contributed by atoms with van der Waals surface area (Å²) in [7, 11) is 0. The summed E-state index contributed by atoms with van der Waals surface area (Å²) in [6, 6.07) is 10.6. The molecule has 9 heteroatoms. The van der Waals surface area contributed by atoms with Gasteiger partial charge in [0.2, 0.25) is 0 Å². The Morgan fingerprint density at radius 1 is 1.19 bits per heavy atom. The first kappa shape index (κ1) is 18.9. The molecule has 0 unspecified atom stereocenters. The van der Waals surface area contributed by atoms with Gasteiger partial charge < -0.3 is 14.9 Å². The van der Waals surface area contributed by atoms with E-state index in [1.807, 2.05) is 0 Å². The molecular weight excluding hydrogens is 385 g/mol. The van der Waals surface area contributed by atoms with Crippen molar-refractivity contribution in [2.24, 2.45) is 0 Å². The Hall–Kier alpha value is -2.84. The van der Waals surface area contributed by atoms with E-state index in [9.17, 15) is 18.0 Å². The highest BCUT2D eigenvalue weighted by Crippen LogP contribution is 2.34. The van der Waals surface area contributed by atoms with Gasteiger partial charge in [-0.1, -0.05) is 41.0 Å². The van der Waals surface area contributed by atoms with Crippen LogP contribution in [0.5, 0.6) is 0 Å². The Morgan fingerprint density at radius 2 is 1.89 bits per heavy atom. The molecule has 0 atom stereocenters. The van der Waals surface area contributed by atoms with Crippen LogP contribution in [0, 0.1) is 0 Å². The second kappa shape index (κ2) is 7.42. The maximum atomic E-state index is 12.6. The summed E-state index contributed by atoms with van der Waals surface area (Å²) in [6.45, 7) is -0.188. The molecular formula is C18H12ClF3N2O3. The third-order valence-electron chi connectivity index (χ3n) is 3.69. The summed E-state index contributed by atoms with van der Waals surface area (Å²) in [5, 5.41) is 15.2. The predicted molar refractivity (Wildman–Crippen MR) is 92.3 cm³/mol. The number of hydrogen-bond donors (Lipinski definition) is 2. The molecule has 5 nitrogen and oxygen atoms in total. The number of nitrogens with zero attached hydrogens (tertiary/aromatic N) is 1. The largest absolute Gasteiger partial charge is 0.416 e. The van der Waals surface area contributed by atoms with Crippen LogP contribution in [0.3, 0.4) is 0 Å². The van der Waals surface area contributed by atoms with Crippen molar-refractivity contribution in [2.45, 2.75) is 12.8 Å². The number of aliphatic hydroxyl groups is 1. The van der Waals surface area contributed by atoms with Gasteiger partial charge in [-0.05, 0) is 29.8 Å². The molecule has 0 radical (unpaired) electrons. The average molecular weight is 397 g/mol. The summed E-state index contributed by atoms with van der Waals surface area (Å²) >= 11 is 6.13. The highest BCUT2D eigenvalue weighted by Gasteiger charge is 2.30. The quantitative estimate of drug-likeness (QED) is 0.666. The monoisotopic (exact) mass is 396 g/mol. The van der Waals surface area contributed by atoms with Crippen LogP contribution in [0.1, 0.15) is 21.6 Å². The lowest BCUT2D eigenvalue weighted by molar-refractivity contribution is -0.137. The molecule has 3 aromatic rings. The van der Waals surface area contributed by atoms with Gasteiger partial charge in [0.1, 0.15) is 5.02 Å². The second-order valence-corrected chi connectivity index (χ2v) is 5.94. The number of carbonyl (C=O) groups is 1. The second-order valence-electron chi connectivity index (χ2n) is 5.56. The zero-order chi connectivity index (χ0) is 19.6. The number of halogens is 4. The smallest absolute Gasteiger partial charge is 0.392 e. The van der Waals surface area contributed by atoms with Crippen molar-refractivity contribution >= 4 is 23.2 Å². The maximum absolute atomic E-state index is 12.6. The molecule has 1 heterocycles. The summed E-state index contributed by atoms with van der Waals surface area (Å²) in [5.74, 6) is -0.670. The van der Waals surface area contributed by atoms with E-state index in [0.29, 0.717) is 11.3 Å². The van der Waals surface area contributed by atoms with Crippen LogP contribution < -0.4 is 5.32 Å². The van der Waals surface area contributed by atoms with Crippen LogP contribution in [0.2, 0.25) is 5.02 Å². The van der Waals surface area contributed by atoms with E-state index in [2.05, 4.69) is 10.5 Å².